The Hall–Kier alpha value is -2.78. The van der Waals surface area contributed by atoms with Gasteiger partial charge in [0.15, 0.2) is 5.76 Å². The van der Waals surface area contributed by atoms with E-state index in [-0.39, 0.29) is 24.8 Å². The lowest BCUT2D eigenvalue weighted by molar-refractivity contribution is 0.0350. The number of rotatable bonds is 6. The van der Waals surface area contributed by atoms with Crippen LogP contribution < -0.4 is 4.74 Å². The average Bonchev–Trinajstić information content (AvgIpc) is 2.99. The molecule has 0 bridgehead atoms. The van der Waals surface area contributed by atoms with E-state index in [0.29, 0.717) is 17.1 Å². The number of carbonyl (C=O) groups excluding carboxylic acids is 1. The van der Waals surface area contributed by atoms with E-state index in [9.17, 15) is 9.90 Å². The SMILES string of the molecule is CN(CC(C)(C)O)C(=O)c1ccc(COc2ccccc2C#N)o1. The maximum atomic E-state index is 12.2. The van der Waals surface area contributed by atoms with Gasteiger partial charge in [-0.3, -0.25) is 4.79 Å². The zero-order valence-electron chi connectivity index (χ0n) is 13.9. The van der Waals surface area contributed by atoms with Gasteiger partial charge < -0.3 is 19.2 Å². The molecule has 0 aliphatic heterocycles. The monoisotopic (exact) mass is 328 g/mol. The number of hydrogen-bond acceptors (Lipinski definition) is 5. The second kappa shape index (κ2) is 7.20. The number of benzene rings is 1. The molecule has 6 nitrogen and oxygen atoms in total. The maximum Gasteiger partial charge on any atom is 0.289 e. The Bertz CT molecular complexity index is 753. The van der Waals surface area contributed by atoms with Gasteiger partial charge >= 0.3 is 0 Å². The van der Waals surface area contributed by atoms with E-state index in [1.807, 2.05) is 0 Å². The molecule has 0 saturated carbocycles. The quantitative estimate of drug-likeness (QED) is 0.880. The molecule has 1 amide bonds. The van der Waals surface area contributed by atoms with Gasteiger partial charge in [0, 0.05) is 13.6 Å². The summed E-state index contributed by atoms with van der Waals surface area (Å²) in [5.74, 6) is 0.792. The fourth-order valence-corrected chi connectivity index (χ4v) is 2.24. The Labute approximate surface area is 140 Å². The number of amides is 1. The summed E-state index contributed by atoms with van der Waals surface area (Å²) in [5.41, 5.74) is -0.547. The number of nitriles is 1. The molecule has 0 unspecified atom stereocenters. The summed E-state index contributed by atoms with van der Waals surface area (Å²) in [5, 5.41) is 18.8. The fourth-order valence-electron chi connectivity index (χ4n) is 2.24. The van der Waals surface area contributed by atoms with Crippen molar-refractivity contribution in [1.29, 1.82) is 5.26 Å². The van der Waals surface area contributed by atoms with Crippen molar-refractivity contribution < 1.29 is 19.1 Å². The van der Waals surface area contributed by atoms with Crippen LogP contribution in [-0.4, -0.2) is 35.1 Å². The fraction of sp³-hybridized carbons (Fsp3) is 0.333. The lowest BCUT2D eigenvalue weighted by atomic mass is 10.1. The first kappa shape index (κ1) is 17.6. The minimum atomic E-state index is -0.982. The first-order valence-corrected chi connectivity index (χ1v) is 7.48. The van der Waals surface area contributed by atoms with Crippen molar-refractivity contribution in [2.45, 2.75) is 26.1 Å². The van der Waals surface area contributed by atoms with Crippen molar-refractivity contribution in [2.24, 2.45) is 0 Å². The van der Waals surface area contributed by atoms with Gasteiger partial charge in [0.1, 0.15) is 24.2 Å². The molecule has 0 aliphatic carbocycles. The van der Waals surface area contributed by atoms with E-state index in [1.165, 1.54) is 4.90 Å². The Kier molecular flexibility index (Phi) is 5.27. The predicted molar refractivity (Wildman–Crippen MR) is 87.5 cm³/mol. The largest absolute Gasteiger partial charge is 0.484 e. The molecule has 126 valence electrons. The summed E-state index contributed by atoms with van der Waals surface area (Å²) in [6, 6.07) is 12.2. The third-order valence-corrected chi connectivity index (χ3v) is 3.22. The van der Waals surface area contributed by atoms with E-state index in [4.69, 9.17) is 14.4 Å². The third kappa shape index (κ3) is 4.61. The van der Waals surface area contributed by atoms with Gasteiger partial charge in [-0.05, 0) is 38.1 Å². The summed E-state index contributed by atoms with van der Waals surface area (Å²) in [6.07, 6.45) is 0. The van der Waals surface area contributed by atoms with Crippen molar-refractivity contribution in [3.8, 4) is 11.8 Å². The summed E-state index contributed by atoms with van der Waals surface area (Å²) in [7, 11) is 1.60. The number of aliphatic hydroxyl groups is 1. The molecule has 0 atom stereocenters. The van der Waals surface area contributed by atoms with Crippen LogP contribution in [0.25, 0.3) is 0 Å². The standard InChI is InChI=1S/C18H20N2O4/c1-18(2,22)12-20(3)17(21)16-9-8-14(24-16)11-23-15-7-5-4-6-13(15)10-19/h4-9,22H,11-12H2,1-3H3. The number of furan rings is 1. The van der Waals surface area contributed by atoms with E-state index in [0.717, 1.165) is 0 Å². The number of likely N-dealkylation sites (N-methyl/N-ethyl adjacent to an activating group) is 1. The number of nitrogens with zero attached hydrogens (tertiary/aromatic N) is 2. The molecule has 0 fully saturated rings. The molecule has 0 saturated heterocycles. The molecule has 24 heavy (non-hydrogen) atoms. The number of hydrogen-bond donors (Lipinski definition) is 1. The normalized spacial score (nSPS) is 11.0. The van der Waals surface area contributed by atoms with Crippen molar-refractivity contribution in [3.63, 3.8) is 0 Å². The van der Waals surface area contributed by atoms with Gasteiger partial charge in [-0.1, -0.05) is 12.1 Å². The van der Waals surface area contributed by atoms with E-state index in [1.54, 1.807) is 57.3 Å². The van der Waals surface area contributed by atoms with Crippen molar-refractivity contribution in [2.75, 3.05) is 13.6 Å². The second-order valence-corrected chi connectivity index (χ2v) is 6.14. The maximum absolute atomic E-state index is 12.2. The summed E-state index contributed by atoms with van der Waals surface area (Å²) in [6.45, 7) is 3.56. The van der Waals surface area contributed by atoms with Crippen LogP contribution in [0.5, 0.6) is 5.75 Å². The Morgan fingerprint density at radius 2 is 2.04 bits per heavy atom. The highest BCUT2D eigenvalue weighted by Gasteiger charge is 2.22. The van der Waals surface area contributed by atoms with Crippen LogP contribution in [0.3, 0.4) is 0 Å². The van der Waals surface area contributed by atoms with Crippen LogP contribution in [-0.2, 0) is 6.61 Å². The van der Waals surface area contributed by atoms with E-state index >= 15 is 0 Å². The molecular formula is C18H20N2O4. The van der Waals surface area contributed by atoms with E-state index < -0.39 is 5.60 Å². The lowest BCUT2D eigenvalue weighted by Gasteiger charge is -2.24. The number of carbonyl (C=O) groups is 1. The summed E-state index contributed by atoms with van der Waals surface area (Å²) in [4.78, 5) is 13.6. The topological polar surface area (TPSA) is 86.7 Å². The molecule has 1 aromatic carbocycles. The van der Waals surface area contributed by atoms with Gasteiger partial charge in [0.25, 0.3) is 5.91 Å². The van der Waals surface area contributed by atoms with Gasteiger partial charge in [0.05, 0.1) is 11.2 Å². The van der Waals surface area contributed by atoms with Crippen LogP contribution in [0.2, 0.25) is 0 Å². The number of para-hydroxylation sites is 1. The zero-order valence-corrected chi connectivity index (χ0v) is 13.9. The Morgan fingerprint density at radius 1 is 1.33 bits per heavy atom. The molecule has 1 aromatic heterocycles. The minimum Gasteiger partial charge on any atom is -0.484 e. The number of ether oxygens (including phenoxy) is 1. The van der Waals surface area contributed by atoms with Crippen molar-refractivity contribution >= 4 is 5.91 Å². The first-order valence-electron chi connectivity index (χ1n) is 7.48. The van der Waals surface area contributed by atoms with Crippen LogP contribution >= 0.6 is 0 Å². The van der Waals surface area contributed by atoms with Crippen molar-refractivity contribution in [1.82, 2.24) is 4.90 Å². The lowest BCUT2D eigenvalue weighted by Crippen LogP contribution is -2.39. The van der Waals surface area contributed by atoms with Crippen molar-refractivity contribution in [3.05, 3.63) is 53.5 Å². The third-order valence-electron chi connectivity index (χ3n) is 3.22. The van der Waals surface area contributed by atoms with Crippen LogP contribution in [0, 0.1) is 11.3 Å². The van der Waals surface area contributed by atoms with Gasteiger partial charge in [0.2, 0.25) is 0 Å². The van der Waals surface area contributed by atoms with Gasteiger partial charge in [-0.25, -0.2) is 0 Å². The molecule has 6 heteroatoms. The highest BCUT2D eigenvalue weighted by molar-refractivity contribution is 5.91. The smallest absolute Gasteiger partial charge is 0.289 e. The summed E-state index contributed by atoms with van der Waals surface area (Å²) < 4.78 is 11.1. The molecule has 1 N–H and O–H groups in total. The molecule has 0 radical (unpaired) electrons. The van der Waals surface area contributed by atoms with Crippen LogP contribution in [0.4, 0.5) is 0 Å². The highest BCUT2D eigenvalue weighted by Crippen LogP contribution is 2.19. The van der Waals surface area contributed by atoms with Crippen LogP contribution in [0.15, 0.2) is 40.8 Å². The van der Waals surface area contributed by atoms with Gasteiger partial charge in [-0.15, -0.1) is 0 Å². The first-order chi connectivity index (χ1) is 11.3. The average molecular weight is 328 g/mol. The Balaban J connectivity index is 2.01. The molecular weight excluding hydrogens is 308 g/mol. The highest BCUT2D eigenvalue weighted by atomic mass is 16.5. The molecule has 2 aromatic rings. The summed E-state index contributed by atoms with van der Waals surface area (Å²) >= 11 is 0. The van der Waals surface area contributed by atoms with Gasteiger partial charge in [-0.2, -0.15) is 5.26 Å². The minimum absolute atomic E-state index is 0.112. The predicted octanol–water partition coefficient (Wildman–Crippen LogP) is 2.57. The molecule has 1 heterocycles. The van der Waals surface area contributed by atoms with E-state index in [2.05, 4.69) is 6.07 Å². The van der Waals surface area contributed by atoms with Crippen LogP contribution in [0.1, 0.15) is 35.7 Å². The molecule has 0 aliphatic rings. The Morgan fingerprint density at radius 3 is 2.71 bits per heavy atom. The molecule has 0 spiro atoms. The molecule has 2 rings (SSSR count). The second-order valence-electron chi connectivity index (χ2n) is 6.14. The zero-order chi connectivity index (χ0) is 17.7.